The van der Waals surface area contributed by atoms with Gasteiger partial charge in [-0.15, -0.1) is 0 Å². The fraction of sp³-hybridized carbons (Fsp3) is 0.636. The molecule has 0 aliphatic heterocycles. The first-order chi connectivity index (χ1) is 8.33. The van der Waals surface area contributed by atoms with E-state index < -0.39 is 0 Å². The zero-order chi connectivity index (χ0) is 12.3. The van der Waals surface area contributed by atoms with Crippen LogP contribution in [0.25, 0.3) is 0 Å². The molecule has 1 rings (SSSR count). The first-order valence-corrected chi connectivity index (χ1v) is 5.68. The highest BCUT2D eigenvalue weighted by molar-refractivity contribution is 5.38. The summed E-state index contributed by atoms with van der Waals surface area (Å²) in [6.07, 6.45) is 3.56. The van der Waals surface area contributed by atoms with E-state index in [1.165, 1.54) is 6.07 Å². The van der Waals surface area contributed by atoms with Crippen LogP contribution in [-0.4, -0.2) is 43.7 Å². The molecule has 0 aliphatic rings. The molecule has 0 radical (unpaired) electrons. The molecule has 0 atom stereocenters. The second-order valence-electron chi connectivity index (χ2n) is 3.57. The quantitative estimate of drug-likeness (QED) is 0.620. The smallest absolute Gasteiger partial charge is 0.266 e. The minimum atomic E-state index is -0.196. The summed E-state index contributed by atoms with van der Waals surface area (Å²) in [7, 11) is 1.66. The molecule has 6 nitrogen and oxygen atoms in total. The Morgan fingerprint density at radius 1 is 1.35 bits per heavy atom. The minimum Gasteiger partial charge on any atom is -0.384 e. The van der Waals surface area contributed by atoms with E-state index in [9.17, 15) is 4.79 Å². The highest BCUT2D eigenvalue weighted by atomic mass is 16.5. The van der Waals surface area contributed by atoms with Crippen LogP contribution in [0.4, 0.5) is 5.69 Å². The normalized spacial score (nSPS) is 10.4. The Morgan fingerprint density at radius 3 is 3.00 bits per heavy atom. The van der Waals surface area contributed by atoms with Crippen LogP contribution in [0.2, 0.25) is 0 Å². The number of hydrogen-bond donors (Lipinski definition) is 2. The highest BCUT2D eigenvalue weighted by Gasteiger charge is 1.94. The maximum absolute atomic E-state index is 10.9. The van der Waals surface area contributed by atoms with Crippen molar-refractivity contribution in [2.45, 2.75) is 12.8 Å². The second-order valence-corrected chi connectivity index (χ2v) is 3.57. The summed E-state index contributed by atoms with van der Waals surface area (Å²) in [5, 5.41) is 9.14. The number of nitrogens with one attached hydrogen (secondary N) is 2. The van der Waals surface area contributed by atoms with Gasteiger partial charge in [-0.05, 0) is 12.8 Å². The van der Waals surface area contributed by atoms with Crippen LogP contribution in [0.15, 0.2) is 17.1 Å². The van der Waals surface area contributed by atoms with E-state index in [0.29, 0.717) is 13.2 Å². The number of aromatic nitrogens is 2. The Labute approximate surface area is 100 Å². The van der Waals surface area contributed by atoms with Crippen molar-refractivity contribution < 1.29 is 9.47 Å². The van der Waals surface area contributed by atoms with Gasteiger partial charge in [0.25, 0.3) is 5.56 Å². The molecule has 0 saturated heterocycles. The predicted molar refractivity (Wildman–Crippen MR) is 65.3 cm³/mol. The third-order valence-corrected chi connectivity index (χ3v) is 2.14. The van der Waals surface area contributed by atoms with Crippen LogP contribution in [0.5, 0.6) is 0 Å². The molecule has 6 heteroatoms. The maximum atomic E-state index is 10.9. The largest absolute Gasteiger partial charge is 0.384 e. The van der Waals surface area contributed by atoms with Gasteiger partial charge in [-0.1, -0.05) is 0 Å². The lowest BCUT2D eigenvalue weighted by atomic mass is 10.3. The minimum absolute atomic E-state index is 0.196. The number of hydrogen-bond acceptors (Lipinski definition) is 5. The van der Waals surface area contributed by atoms with Crippen molar-refractivity contribution in [3.63, 3.8) is 0 Å². The molecule has 0 bridgehead atoms. The van der Waals surface area contributed by atoms with E-state index in [1.54, 1.807) is 13.3 Å². The summed E-state index contributed by atoms with van der Waals surface area (Å²) in [4.78, 5) is 10.9. The molecule has 1 aromatic rings. The lowest BCUT2D eigenvalue weighted by Gasteiger charge is -2.05. The number of aromatic amines is 1. The van der Waals surface area contributed by atoms with E-state index in [-0.39, 0.29) is 5.56 Å². The summed E-state index contributed by atoms with van der Waals surface area (Å²) < 4.78 is 10.2. The van der Waals surface area contributed by atoms with Crippen molar-refractivity contribution in [3.8, 4) is 0 Å². The molecule has 0 fully saturated rings. The Kier molecular flexibility index (Phi) is 7.01. The van der Waals surface area contributed by atoms with Gasteiger partial charge in [0.15, 0.2) is 0 Å². The van der Waals surface area contributed by atoms with E-state index in [1.807, 2.05) is 0 Å². The van der Waals surface area contributed by atoms with E-state index >= 15 is 0 Å². The van der Waals surface area contributed by atoms with Gasteiger partial charge in [0.2, 0.25) is 0 Å². The van der Waals surface area contributed by atoms with E-state index in [2.05, 4.69) is 15.5 Å². The van der Waals surface area contributed by atoms with Crippen LogP contribution in [0.3, 0.4) is 0 Å². The fourth-order valence-electron chi connectivity index (χ4n) is 1.28. The molecular formula is C11H19N3O3. The van der Waals surface area contributed by atoms with Crippen molar-refractivity contribution in [1.82, 2.24) is 10.2 Å². The highest BCUT2D eigenvalue weighted by Crippen LogP contribution is 1.99. The van der Waals surface area contributed by atoms with Crippen molar-refractivity contribution >= 4 is 5.69 Å². The van der Waals surface area contributed by atoms with Crippen molar-refractivity contribution in [2.75, 3.05) is 38.8 Å². The molecule has 0 amide bonds. The van der Waals surface area contributed by atoms with Gasteiger partial charge in [0, 0.05) is 26.3 Å². The molecule has 96 valence electrons. The van der Waals surface area contributed by atoms with Crippen LogP contribution >= 0.6 is 0 Å². The monoisotopic (exact) mass is 241 g/mol. The molecule has 1 aromatic heterocycles. The van der Waals surface area contributed by atoms with Crippen LogP contribution in [0, 0.1) is 0 Å². The maximum Gasteiger partial charge on any atom is 0.266 e. The molecule has 0 unspecified atom stereocenters. The average molecular weight is 241 g/mol. The zero-order valence-corrected chi connectivity index (χ0v) is 10.1. The van der Waals surface area contributed by atoms with E-state index in [4.69, 9.17) is 9.47 Å². The standard InChI is InChI=1S/C11H19N3O3/c1-16-6-7-17-5-3-2-4-12-10-8-11(15)14-13-9-10/h8-9H,2-7H2,1H3,(H2,12,14,15). The third-order valence-electron chi connectivity index (χ3n) is 2.14. The zero-order valence-electron chi connectivity index (χ0n) is 10.1. The predicted octanol–water partition coefficient (Wildman–Crippen LogP) is 0.625. The Balaban J connectivity index is 1.99. The molecule has 2 N–H and O–H groups in total. The Hall–Kier alpha value is -1.40. The summed E-state index contributed by atoms with van der Waals surface area (Å²) >= 11 is 0. The molecule has 0 saturated carbocycles. The topological polar surface area (TPSA) is 76.2 Å². The van der Waals surface area contributed by atoms with Gasteiger partial charge in [0.05, 0.1) is 25.1 Å². The number of ether oxygens (including phenoxy) is 2. The Morgan fingerprint density at radius 2 is 2.24 bits per heavy atom. The van der Waals surface area contributed by atoms with Gasteiger partial charge in [-0.25, -0.2) is 5.10 Å². The van der Waals surface area contributed by atoms with Gasteiger partial charge >= 0.3 is 0 Å². The SMILES string of the molecule is COCCOCCCCNc1cn[nH]c(=O)c1. The van der Waals surface area contributed by atoms with Gasteiger partial charge in [0.1, 0.15) is 0 Å². The summed E-state index contributed by atoms with van der Waals surface area (Å²) in [6, 6.07) is 1.49. The molecule has 0 aliphatic carbocycles. The number of unbranched alkanes of at least 4 members (excludes halogenated alkanes) is 1. The van der Waals surface area contributed by atoms with Crippen LogP contribution in [-0.2, 0) is 9.47 Å². The van der Waals surface area contributed by atoms with Gasteiger partial charge < -0.3 is 14.8 Å². The molecule has 1 heterocycles. The van der Waals surface area contributed by atoms with Crippen molar-refractivity contribution in [2.24, 2.45) is 0 Å². The number of anilines is 1. The van der Waals surface area contributed by atoms with Crippen molar-refractivity contribution in [1.29, 1.82) is 0 Å². The average Bonchev–Trinajstić information content (AvgIpc) is 2.33. The van der Waals surface area contributed by atoms with Gasteiger partial charge in [-0.3, -0.25) is 4.79 Å². The Bertz CT molecular complexity index is 354. The fourth-order valence-corrected chi connectivity index (χ4v) is 1.28. The third kappa shape index (κ3) is 6.70. The lowest BCUT2D eigenvalue weighted by Crippen LogP contribution is -2.10. The number of rotatable bonds is 9. The number of nitrogens with zero attached hydrogens (tertiary/aromatic N) is 1. The first-order valence-electron chi connectivity index (χ1n) is 5.68. The lowest BCUT2D eigenvalue weighted by molar-refractivity contribution is 0.0691. The van der Waals surface area contributed by atoms with Crippen molar-refractivity contribution in [3.05, 3.63) is 22.6 Å². The second kappa shape index (κ2) is 8.72. The van der Waals surface area contributed by atoms with Crippen LogP contribution in [0.1, 0.15) is 12.8 Å². The summed E-state index contributed by atoms with van der Waals surface area (Å²) in [6.45, 7) is 2.82. The molecular weight excluding hydrogens is 222 g/mol. The molecule has 0 aromatic carbocycles. The van der Waals surface area contributed by atoms with Gasteiger partial charge in [-0.2, -0.15) is 5.10 Å². The van der Waals surface area contributed by atoms with E-state index in [0.717, 1.165) is 31.7 Å². The van der Waals surface area contributed by atoms with Crippen LogP contribution < -0.4 is 10.9 Å². The summed E-state index contributed by atoms with van der Waals surface area (Å²) in [5.74, 6) is 0. The number of methoxy groups -OCH3 is 1. The summed E-state index contributed by atoms with van der Waals surface area (Å²) in [5.41, 5.74) is 0.548. The first kappa shape index (κ1) is 13.7. The molecule has 0 spiro atoms. The number of H-pyrrole nitrogens is 1. The molecule has 17 heavy (non-hydrogen) atoms.